The molecular formula is C14H22N2O2. The first-order valence-corrected chi connectivity index (χ1v) is 6.32. The van der Waals surface area contributed by atoms with E-state index in [0.29, 0.717) is 18.5 Å². The summed E-state index contributed by atoms with van der Waals surface area (Å²) in [7, 11) is 1.76. The highest BCUT2D eigenvalue weighted by Gasteiger charge is 2.15. The molecule has 0 fully saturated rings. The minimum Gasteiger partial charge on any atom is -0.393 e. The second-order valence-corrected chi connectivity index (χ2v) is 4.44. The third-order valence-corrected chi connectivity index (χ3v) is 2.75. The molecule has 4 heteroatoms. The molecule has 0 aromatic heterocycles. The number of carbonyl (C=O) groups is 1. The predicted octanol–water partition coefficient (Wildman–Crippen LogP) is 1.96. The smallest absolute Gasteiger partial charge is 0.255 e. The summed E-state index contributed by atoms with van der Waals surface area (Å²) in [5.74, 6) is -0.0211. The number of anilines is 1. The number of nitrogens with zero attached hydrogens (tertiary/aromatic N) is 1. The van der Waals surface area contributed by atoms with Gasteiger partial charge in [0.2, 0.25) is 0 Å². The first-order chi connectivity index (χ1) is 8.56. The lowest BCUT2D eigenvalue weighted by Gasteiger charge is -2.20. The lowest BCUT2D eigenvalue weighted by molar-refractivity contribution is 0.0770. The average molecular weight is 250 g/mol. The van der Waals surface area contributed by atoms with Crippen molar-refractivity contribution in [2.75, 3.05) is 25.5 Å². The third-order valence-electron chi connectivity index (χ3n) is 2.75. The van der Waals surface area contributed by atoms with E-state index in [-0.39, 0.29) is 12.0 Å². The molecule has 1 atom stereocenters. The Labute approximate surface area is 109 Å². The molecule has 0 saturated carbocycles. The summed E-state index contributed by atoms with van der Waals surface area (Å²) in [6, 6.07) is 7.49. The average Bonchev–Trinajstić information content (AvgIpc) is 2.36. The number of carbonyl (C=O) groups excluding carboxylic acids is 1. The number of aliphatic hydroxyl groups is 1. The molecule has 100 valence electrons. The molecule has 0 aliphatic carbocycles. The van der Waals surface area contributed by atoms with Gasteiger partial charge in [-0.3, -0.25) is 4.79 Å². The lowest BCUT2D eigenvalue weighted by atomic mass is 10.1. The summed E-state index contributed by atoms with van der Waals surface area (Å²) in [4.78, 5) is 13.9. The summed E-state index contributed by atoms with van der Waals surface area (Å²) < 4.78 is 0. The number of hydrogen-bond donors (Lipinski definition) is 2. The van der Waals surface area contributed by atoms with Crippen molar-refractivity contribution in [2.45, 2.75) is 26.4 Å². The van der Waals surface area contributed by atoms with Crippen molar-refractivity contribution in [1.82, 2.24) is 4.90 Å². The van der Waals surface area contributed by atoms with Gasteiger partial charge in [0.1, 0.15) is 0 Å². The maximum Gasteiger partial charge on any atom is 0.255 e. The predicted molar refractivity (Wildman–Crippen MR) is 73.9 cm³/mol. The van der Waals surface area contributed by atoms with Gasteiger partial charge in [0.15, 0.2) is 0 Å². The van der Waals surface area contributed by atoms with Gasteiger partial charge in [-0.1, -0.05) is 12.1 Å². The molecule has 2 N–H and O–H groups in total. The fourth-order valence-corrected chi connectivity index (χ4v) is 1.70. The van der Waals surface area contributed by atoms with Crippen LogP contribution in [0.1, 0.15) is 30.6 Å². The van der Waals surface area contributed by atoms with E-state index in [4.69, 9.17) is 0 Å². The Hall–Kier alpha value is -1.55. The zero-order chi connectivity index (χ0) is 13.5. The number of aliphatic hydroxyl groups excluding tert-OH is 1. The Bertz CT molecular complexity index is 391. The maximum atomic E-state index is 12.3. The van der Waals surface area contributed by atoms with Gasteiger partial charge in [-0.05, 0) is 32.4 Å². The van der Waals surface area contributed by atoms with Crippen molar-refractivity contribution in [3.63, 3.8) is 0 Å². The first-order valence-electron chi connectivity index (χ1n) is 6.32. The van der Waals surface area contributed by atoms with Crippen molar-refractivity contribution in [2.24, 2.45) is 0 Å². The molecule has 1 aromatic carbocycles. The minimum atomic E-state index is -0.385. The summed E-state index contributed by atoms with van der Waals surface area (Å²) in [5, 5.41) is 12.4. The Morgan fingerprint density at radius 3 is 2.72 bits per heavy atom. The number of nitrogens with one attached hydrogen (secondary N) is 1. The zero-order valence-corrected chi connectivity index (χ0v) is 11.3. The molecule has 1 aromatic rings. The van der Waals surface area contributed by atoms with Crippen molar-refractivity contribution < 1.29 is 9.90 Å². The Balaban J connectivity index is 2.76. The molecule has 0 spiro atoms. The number of rotatable bonds is 6. The Morgan fingerprint density at radius 2 is 2.11 bits per heavy atom. The summed E-state index contributed by atoms with van der Waals surface area (Å²) in [6.07, 6.45) is 0.204. The monoisotopic (exact) mass is 250 g/mol. The van der Waals surface area contributed by atoms with Crippen LogP contribution in [-0.2, 0) is 0 Å². The van der Waals surface area contributed by atoms with Crippen molar-refractivity contribution >= 4 is 11.6 Å². The van der Waals surface area contributed by atoms with Gasteiger partial charge >= 0.3 is 0 Å². The molecule has 0 radical (unpaired) electrons. The fourth-order valence-electron chi connectivity index (χ4n) is 1.70. The van der Waals surface area contributed by atoms with Crippen LogP contribution < -0.4 is 5.32 Å². The van der Waals surface area contributed by atoms with E-state index >= 15 is 0 Å². The highest BCUT2D eigenvalue weighted by molar-refractivity contribution is 5.99. The number of amides is 1. The molecule has 0 heterocycles. The van der Waals surface area contributed by atoms with E-state index in [9.17, 15) is 9.90 Å². The number of hydrogen-bond acceptors (Lipinski definition) is 3. The fraction of sp³-hybridized carbons (Fsp3) is 0.500. The van der Waals surface area contributed by atoms with Crippen LogP contribution in [0.15, 0.2) is 24.3 Å². The minimum absolute atomic E-state index is 0.0211. The number of benzene rings is 1. The molecular weight excluding hydrogens is 228 g/mol. The molecule has 1 amide bonds. The van der Waals surface area contributed by atoms with E-state index in [1.807, 2.05) is 31.2 Å². The van der Waals surface area contributed by atoms with Gasteiger partial charge in [0.25, 0.3) is 5.91 Å². The highest BCUT2D eigenvalue weighted by atomic mass is 16.3. The molecule has 1 unspecified atom stereocenters. The quantitative estimate of drug-likeness (QED) is 0.811. The summed E-state index contributed by atoms with van der Waals surface area (Å²) in [6.45, 7) is 5.06. The maximum absolute atomic E-state index is 12.3. The SMILES string of the molecule is CCNc1ccccc1C(=O)N(C)CCC(C)O. The molecule has 0 bridgehead atoms. The van der Waals surface area contributed by atoms with E-state index in [2.05, 4.69) is 5.32 Å². The van der Waals surface area contributed by atoms with Crippen LogP contribution in [0.2, 0.25) is 0 Å². The summed E-state index contributed by atoms with van der Waals surface area (Å²) in [5.41, 5.74) is 1.53. The summed E-state index contributed by atoms with van der Waals surface area (Å²) >= 11 is 0. The molecule has 1 rings (SSSR count). The molecule has 18 heavy (non-hydrogen) atoms. The van der Waals surface area contributed by atoms with Crippen molar-refractivity contribution in [3.8, 4) is 0 Å². The largest absolute Gasteiger partial charge is 0.393 e. The Morgan fingerprint density at radius 1 is 1.44 bits per heavy atom. The van der Waals surface area contributed by atoms with Gasteiger partial charge < -0.3 is 15.3 Å². The molecule has 0 saturated heterocycles. The first kappa shape index (κ1) is 14.5. The van der Waals surface area contributed by atoms with Crippen molar-refractivity contribution in [1.29, 1.82) is 0 Å². The van der Waals surface area contributed by atoms with E-state index in [0.717, 1.165) is 12.2 Å². The van der Waals surface area contributed by atoms with Crippen molar-refractivity contribution in [3.05, 3.63) is 29.8 Å². The second kappa shape index (κ2) is 7.01. The van der Waals surface area contributed by atoms with Crippen LogP contribution in [-0.4, -0.2) is 42.2 Å². The molecule has 0 aliphatic rings. The van der Waals surface area contributed by atoms with Gasteiger partial charge in [-0.15, -0.1) is 0 Å². The molecule has 4 nitrogen and oxygen atoms in total. The van der Waals surface area contributed by atoms with E-state index in [1.54, 1.807) is 18.9 Å². The van der Waals surface area contributed by atoms with Crippen LogP contribution >= 0.6 is 0 Å². The standard InChI is InChI=1S/C14H22N2O2/c1-4-15-13-8-6-5-7-12(13)14(18)16(3)10-9-11(2)17/h5-8,11,15,17H,4,9-10H2,1-3H3. The third kappa shape index (κ3) is 4.04. The Kier molecular flexibility index (Phi) is 5.65. The number of para-hydroxylation sites is 1. The van der Waals surface area contributed by atoms with Gasteiger partial charge in [0.05, 0.1) is 11.7 Å². The van der Waals surface area contributed by atoms with Crippen LogP contribution in [0.5, 0.6) is 0 Å². The molecule has 0 aliphatic heterocycles. The van der Waals surface area contributed by atoms with Gasteiger partial charge in [0, 0.05) is 25.8 Å². The van der Waals surface area contributed by atoms with Gasteiger partial charge in [-0.2, -0.15) is 0 Å². The van der Waals surface area contributed by atoms with Crippen LogP contribution in [0.25, 0.3) is 0 Å². The van der Waals surface area contributed by atoms with Gasteiger partial charge in [-0.25, -0.2) is 0 Å². The van der Waals surface area contributed by atoms with E-state index in [1.165, 1.54) is 0 Å². The van der Waals surface area contributed by atoms with Crippen LogP contribution in [0, 0.1) is 0 Å². The van der Waals surface area contributed by atoms with Crippen LogP contribution in [0.3, 0.4) is 0 Å². The van der Waals surface area contributed by atoms with Crippen LogP contribution in [0.4, 0.5) is 5.69 Å². The topological polar surface area (TPSA) is 52.6 Å². The zero-order valence-electron chi connectivity index (χ0n) is 11.3. The second-order valence-electron chi connectivity index (χ2n) is 4.44. The van der Waals surface area contributed by atoms with E-state index < -0.39 is 0 Å². The normalized spacial score (nSPS) is 12.0. The lowest BCUT2D eigenvalue weighted by Crippen LogP contribution is -2.30. The highest BCUT2D eigenvalue weighted by Crippen LogP contribution is 2.16.